The maximum Gasteiger partial charge on any atom is 0.220 e. The van der Waals surface area contributed by atoms with Crippen LogP contribution in [0.5, 0.6) is 5.75 Å². The molecule has 1 aromatic carbocycles. The molecule has 1 saturated heterocycles. The molecule has 1 aliphatic heterocycles. The van der Waals surface area contributed by atoms with Gasteiger partial charge in [0, 0.05) is 12.5 Å². The molecule has 2 rings (SSSR count). The zero-order valence-corrected chi connectivity index (χ0v) is 13.7. The van der Waals surface area contributed by atoms with E-state index in [9.17, 15) is 13.2 Å². The summed E-state index contributed by atoms with van der Waals surface area (Å²) in [5.74, 6) is 1.08. The van der Waals surface area contributed by atoms with E-state index < -0.39 is 9.84 Å². The number of sulfone groups is 1. The van der Waals surface area contributed by atoms with E-state index in [1.54, 1.807) is 7.11 Å². The number of hydrogen-bond donors (Lipinski definition) is 1. The van der Waals surface area contributed by atoms with Gasteiger partial charge in [0.15, 0.2) is 9.84 Å². The summed E-state index contributed by atoms with van der Waals surface area (Å²) in [7, 11) is -1.29. The van der Waals surface area contributed by atoms with Crippen molar-refractivity contribution in [1.29, 1.82) is 0 Å². The molecule has 1 amide bonds. The second-order valence-electron chi connectivity index (χ2n) is 5.72. The first-order chi connectivity index (χ1) is 10.5. The smallest absolute Gasteiger partial charge is 0.220 e. The van der Waals surface area contributed by atoms with E-state index in [0.29, 0.717) is 12.8 Å². The molecule has 5 nitrogen and oxygen atoms in total. The Morgan fingerprint density at radius 1 is 1.27 bits per heavy atom. The average Bonchev–Trinajstić information content (AvgIpc) is 2.83. The molecule has 1 fully saturated rings. The summed E-state index contributed by atoms with van der Waals surface area (Å²) in [6.45, 7) is 0. The number of methoxy groups -OCH3 is 1. The van der Waals surface area contributed by atoms with Gasteiger partial charge >= 0.3 is 0 Å². The summed E-state index contributed by atoms with van der Waals surface area (Å²) in [5, 5.41) is 2.81. The maximum absolute atomic E-state index is 11.8. The van der Waals surface area contributed by atoms with E-state index in [-0.39, 0.29) is 23.5 Å². The van der Waals surface area contributed by atoms with Gasteiger partial charge in [-0.1, -0.05) is 12.1 Å². The Balaban J connectivity index is 1.62. The lowest BCUT2D eigenvalue weighted by atomic mass is 10.1. The largest absolute Gasteiger partial charge is 0.497 e. The molecule has 1 heterocycles. The van der Waals surface area contributed by atoms with Crippen molar-refractivity contribution in [3.05, 3.63) is 29.8 Å². The van der Waals surface area contributed by atoms with Crippen LogP contribution in [-0.4, -0.2) is 39.0 Å². The lowest BCUT2D eigenvalue weighted by molar-refractivity contribution is -0.121. The predicted molar refractivity (Wildman–Crippen MR) is 85.8 cm³/mol. The standard InChI is InChI=1S/C16H23NO4S/c1-21-15-8-6-13(7-9-15)4-2-3-5-16(18)17-14-10-11-22(19,20)12-14/h6-9,14H,2-5,10-12H2,1H3,(H,17,18). The van der Waals surface area contributed by atoms with Crippen LogP contribution >= 0.6 is 0 Å². The molecule has 1 N–H and O–H groups in total. The van der Waals surface area contributed by atoms with Gasteiger partial charge in [0.05, 0.1) is 18.6 Å². The SMILES string of the molecule is COc1ccc(CCCCC(=O)NC2CCS(=O)(=O)C2)cc1. The quantitative estimate of drug-likeness (QED) is 0.775. The fourth-order valence-electron chi connectivity index (χ4n) is 2.62. The van der Waals surface area contributed by atoms with Crippen molar-refractivity contribution in [3.63, 3.8) is 0 Å². The first-order valence-electron chi connectivity index (χ1n) is 7.61. The van der Waals surface area contributed by atoms with Crippen molar-refractivity contribution in [1.82, 2.24) is 5.32 Å². The van der Waals surface area contributed by atoms with Crippen molar-refractivity contribution in [2.45, 2.75) is 38.1 Å². The minimum absolute atomic E-state index is 0.0446. The lowest BCUT2D eigenvalue weighted by Crippen LogP contribution is -2.35. The monoisotopic (exact) mass is 325 g/mol. The van der Waals surface area contributed by atoms with E-state index >= 15 is 0 Å². The Kier molecular flexibility index (Phi) is 5.83. The predicted octanol–water partition coefficient (Wildman–Crippen LogP) is 1.71. The Bertz CT molecular complexity index is 595. The van der Waals surface area contributed by atoms with Crippen LogP contribution in [0.2, 0.25) is 0 Å². The number of carbonyl (C=O) groups excluding carboxylic acids is 1. The van der Waals surface area contributed by atoms with Gasteiger partial charge in [0.1, 0.15) is 5.75 Å². The first kappa shape index (κ1) is 16.8. The number of benzene rings is 1. The van der Waals surface area contributed by atoms with Gasteiger partial charge < -0.3 is 10.1 Å². The Morgan fingerprint density at radius 2 is 2.00 bits per heavy atom. The highest BCUT2D eigenvalue weighted by atomic mass is 32.2. The van der Waals surface area contributed by atoms with Crippen LogP contribution in [0.3, 0.4) is 0 Å². The average molecular weight is 325 g/mol. The van der Waals surface area contributed by atoms with E-state index in [1.165, 1.54) is 5.56 Å². The van der Waals surface area contributed by atoms with Crippen molar-refractivity contribution < 1.29 is 17.9 Å². The highest BCUT2D eigenvalue weighted by molar-refractivity contribution is 7.91. The highest BCUT2D eigenvalue weighted by Crippen LogP contribution is 2.14. The Hall–Kier alpha value is -1.56. The summed E-state index contributed by atoms with van der Waals surface area (Å²) in [5.41, 5.74) is 1.23. The number of unbranched alkanes of at least 4 members (excludes halogenated alkanes) is 1. The van der Waals surface area contributed by atoms with Crippen molar-refractivity contribution in [2.75, 3.05) is 18.6 Å². The van der Waals surface area contributed by atoms with E-state index in [2.05, 4.69) is 5.32 Å². The van der Waals surface area contributed by atoms with Crippen LogP contribution in [-0.2, 0) is 21.1 Å². The van der Waals surface area contributed by atoms with Crippen molar-refractivity contribution in [3.8, 4) is 5.75 Å². The highest BCUT2D eigenvalue weighted by Gasteiger charge is 2.28. The third-order valence-electron chi connectivity index (χ3n) is 3.88. The summed E-state index contributed by atoms with van der Waals surface area (Å²) in [6.07, 6.45) is 3.65. The van der Waals surface area contributed by atoms with Gasteiger partial charge in [-0.15, -0.1) is 0 Å². The van der Waals surface area contributed by atoms with E-state index in [4.69, 9.17) is 4.74 Å². The number of amides is 1. The molecule has 0 aromatic heterocycles. The number of aryl methyl sites for hydroxylation is 1. The molecule has 0 radical (unpaired) electrons. The zero-order valence-electron chi connectivity index (χ0n) is 12.9. The summed E-state index contributed by atoms with van der Waals surface area (Å²) >= 11 is 0. The number of ether oxygens (including phenoxy) is 1. The molecule has 6 heteroatoms. The minimum Gasteiger partial charge on any atom is -0.497 e. The van der Waals surface area contributed by atoms with Gasteiger partial charge in [0.2, 0.25) is 5.91 Å². The molecule has 22 heavy (non-hydrogen) atoms. The van der Waals surface area contributed by atoms with Crippen LogP contribution in [0.25, 0.3) is 0 Å². The first-order valence-corrected chi connectivity index (χ1v) is 9.43. The fourth-order valence-corrected chi connectivity index (χ4v) is 4.29. The molecule has 1 aromatic rings. The van der Waals surface area contributed by atoms with Gasteiger partial charge in [-0.2, -0.15) is 0 Å². The molecular weight excluding hydrogens is 302 g/mol. The fraction of sp³-hybridized carbons (Fsp3) is 0.562. The van der Waals surface area contributed by atoms with Gasteiger partial charge in [-0.05, 0) is 43.4 Å². The maximum atomic E-state index is 11.8. The minimum atomic E-state index is -2.93. The van der Waals surface area contributed by atoms with E-state index in [1.807, 2.05) is 24.3 Å². The number of carbonyl (C=O) groups is 1. The molecule has 1 aliphatic rings. The van der Waals surface area contributed by atoms with Crippen molar-refractivity contribution in [2.24, 2.45) is 0 Å². The summed E-state index contributed by atoms with van der Waals surface area (Å²) in [6, 6.07) is 7.73. The molecule has 122 valence electrons. The van der Waals surface area contributed by atoms with Crippen LogP contribution < -0.4 is 10.1 Å². The van der Waals surface area contributed by atoms with E-state index in [0.717, 1.165) is 25.0 Å². The second kappa shape index (κ2) is 7.63. The number of rotatable bonds is 7. The lowest BCUT2D eigenvalue weighted by Gasteiger charge is -2.10. The topological polar surface area (TPSA) is 72.5 Å². The molecule has 0 spiro atoms. The van der Waals surface area contributed by atoms with Crippen molar-refractivity contribution >= 4 is 15.7 Å². The van der Waals surface area contributed by atoms with Gasteiger partial charge in [-0.3, -0.25) is 4.79 Å². The molecule has 1 atom stereocenters. The molecule has 0 bridgehead atoms. The Labute approximate surface area is 132 Å². The normalized spacial score (nSPS) is 19.8. The molecule has 0 saturated carbocycles. The Morgan fingerprint density at radius 3 is 2.59 bits per heavy atom. The number of hydrogen-bond acceptors (Lipinski definition) is 4. The second-order valence-corrected chi connectivity index (χ2v) is 7.95. The summed E-state index contributed by atoms with van der Waals surface area (Å²) < 4.78 is 27.8. The zero-order chi connectivity index (χ0) is 16.0. The summed E-state index contributed by atoms with van der Waals surface area (Å²) in [4.78, 5) is 11.8. The van der Waals surface area contributed by atoms with Crippen LogP contribution in [0, 0.1) is 0 Å². The van der Waals surface area contributed by atoms with Gasteiger partial charge in [-0.25, -0.2) is 8.42 Å². The van der Waals surface area contributed by atoms with Gasteiger partial charge in [0.25, 0.3) is 0 Å². The number of nitrogens with one attached hydrogen (secondary N) is 1. The van der Waals surface area contributed by atoms with Crippen LogP contribution in [0.4, 0.5) is 0 Å². The molecule has 0 aliphatic carbocycles. The third-order valence-corrected chi connectivity index (χ3v) is 5.64. The molecular formula is C16H23NO4S. The van der Waals surface area contributed by atoms with Crippen LogP contribution in [0.15, 0.2) is 24.3 Å². The third kappa shape index (κ3) is 5.33. The molecule has 1 unspecified atom stereocenters. The van der Waals surface area contributed by atoms with Crippen LogP contribution in [0.1, 0.15) is 31.2 Å².